The van der Waals surface area contributed by atoms with Crippen molar-refractivity contribution < 1.29 is 23.1 Å². The van der Waals surface area contributed by atoms with E-state index in [9.17, 15) is 18.0 Å². The Morgan fingerprint density at radius 3 is 2.18 bits per heavy atom. The Morgan fingerprint density at radius 1 is 1.14 bits per heavy atom. The molecule has 0 fully saturated rings. The third kappa shape index (κ3) is 6.65. The normalized spacial score (nSPS) is 11.2. The molecular weight excluding hydrogens is 371 g/mol. The fourth-order valence-corrected chi connectivity index (χ4v) is 2.20. The maximum atomic E-state index is 12.4. The molecule has 0 radical (unpaired) electrons. The van der Waals surface area contributed by atoms with Crippen molar-refractivity contribution >= 4 is 11.8 Å². The Kier molecular flexibility index (Phi) is 8.03. The molecule has 0 aromatic heterocycles. The zero-order chi connectivity index (χ0) is 21.3. The number of amides is 1. The van der Waals surface area contributed by atoms with Crippen LogP contribution in [0.1, 0.15) is 48.4 Å². The number of benzene rings is 2. The highest BCUT2D eigenvalue weighted by Crippen LogP contribution is 2.33. The van der Waals surface area contributed by atoms with Gasteiger partial charge in [0.25, 0.3) is 0 Å². The van der Waals surface area contributed by atoms with Crippen LogP contribution in [0.25, 0.3) is 0 Å². The van der Waals surface area contributed by atoms with Gasteiger partial charge < -0.3 is 5.11 Å². The lowest BCUT2D eigenvalue weighted by Gasteiger charge is -2.10. The summed E-state index contributed by atoms with van der Waals surface area (Å²) < 4.78 is 37.3. The molecule has 1 atom stereocenters. The summed E-state index contributed by atoms with van der Waals surface area (Å²) in [5.74, 6) is 0.595. The standard InChI is InChI=1S/C11H13N.C9H5F3N2O2/c1-3-9(2)11-6-4-10(8-12)5-7-11;10-9(11,12)7-3-6(14-8(15)16)2-1-5(7)4-13/h4-7,9H,3H2,1-2H3;1-3,14H,(H,15,16). The predicted octanol–water partition coefficient (Wildman–Crippen LogP) is 5.74. The fraction of sp³-hybridized carbons (Fsp3) is 0.250. The summed E-state index contributed by atoms with van der Waals surface area (Å²) in [4.78, 5) is 10.2. The number of hydrogen-bond acceptors (Lipinski definition) is 3. The third-order valence-electron chi connectivity index (χ3n) is 3.92. The first-order valence-corrected chi connectivity index (χ1v) is 8.23. The highest BCUT2D eigenvalue weighted by atomic mass is 19.4. The van der Waals surface area contributed by atoms with Crippen LogP contribution in [0.2, 0.25) is 0 Å². The summed E-state index contributed by atoms with van der Waals surface area (Å²) in [6.45, 7) is 4.37. The minimum absolute atomic E-state index is 0.237. The predicted molar refractivity (Wildman–Crippen MR) is 97.7 cm³/mol. The lowest BCUT2D eigenvalue weighted by atomic mass is 9.98. The molecule has 0 saturated heterocycles. The number of halogens is 3. The molecular formula is C20H18F3N3O2. The van der Waals surface area contributed by atoms with Crippen LogP contribution < -0.4 is 5.32 Å². The first-order chi connectivity index (χ1) is 13.1. The molecule has 0 aliphatic heterocycles. The first kappa shape index (κ1) is 22.5. The number of hydrogen-bond donors (Lipinski definition) is 2. The van der Waals surface area contributed by atoms with Crippen LogP contribution in [-0.4, -0.2) is 11.2 Å². The number of rotatable bonds is 3. The van der Waals surface area contributed by atoms with Gasteiger partial charge in [0.1, 0.15) is 0 Å². The summed E-state index contributed by atoms with van der Waals surface area (Å²) in [5, 5.41) is 27.1. The van der Waals surface area contributed by atoms with E-state index in [2.05, 4.69) is 19.9 Å². The molecule has 0 bridgehead atoms. The second-order valence-electron chi connectivity index (χ2n) is 5.84. The van der Waals surface area contributed by atoms with Crippen molar-refractivity contribution in [3.8, 4) is 12.1 Å². The molecule has 0 aliphatic carbocycles. The third-order valence-corrected chi connectivity index (χ3v) is 3.92. The van der Waals surface area contributed by atoms with Gasteiger partial charge in [0.05, 0.1) is 28.8 Å². The van der Waals surface area contributed by atoms with Crippen LogP contribution in [0.3, 0.4) is 0 Å². The maximum absolute atomic E-state index is 12.4. The highest BCUT2D eigenvalue weighted by molar-refractivity contribution is 5.83. The van der Waals surface area contributed by atoms with Crippen molar-refractivity contribution in [3.63, 3.8) is 0 Å². The van der Waals surface area contributed by atoms with Crippen molar-refractivity contribution in [2.75, 3.05) is 5.32 Å². The monoisotopic (exact) mass is 389 g/mol. The summed E-state index contributed by atoms with van der Waals surface area (Å²) >= 11 is 0. The Bertz CT molecular complexity index is 895. The van der Waals surface area contributed by atoms with Gasteiger partial charge in [-0.05, 0) is 48.2 Å². The number of nitriles is 2. The van der Waals surface area contributed by atoms with Crippen LogP contribution in [-0.2, 0) is 6.18 Å². The van der Waals surface area contributed by atoms with Gasteiger partial charge in [0.15, 0.2) is 0 Å². The van der Waals surface area contributed by atoms with E-state index in [4.69, 9.17) is 15.6 Å². The highest BCUT2D eigenvalue weighted by Gasteiger charge is 2.33. The average molecular weight is 389 g/mol. The molecule has 146 valence electrons. The van der Waals surface area contributed by atoms with E-state index in [1.54, 1.807) is 5.32 Å². The minimum atomic E-state index is -4.69. The molecule has 0 heterocycles. The molecule has 28 heavy (non-hydrogen) atoms. The Hall–Kier alpha value is -3.52. The van der Waals surface area contributed by atoms with Crippen molar-refractivity contribution in [2.24, 2.45) is 0 Å². The van der Waals surface area contributed by atoms with Crippen LogP contribution >= 0.6 is 0 Å². The van der Waals surface area contributed by atoms with Gasteiger partial charge in [-0.2, -0.15) is 23.7 Å². The summed E-state index contributed by atoms with van der Waals surface area (Å²) in [7, 11) is 0. The topological polar surface area (TPSA) is 96.9 Å². The fourth-order valence-electron chi connectivity index (χ4n) is 2.20. The van der Waals surface area contributed by atoms with E-state index in [0.717, 1.165) is 24.1 Å². The van der Waals surface area contributed by atoms with Gasteiger partial charge in [0.2, 0.25) is 0 Å². The van der Waals surface area contributed by atoms with Gasteiger partial charge >= 0.3 is 12.3 Å². The number of anilines is 1. The second-order valence-corrected chi connectivity index (χ2v) is 5.84. The van der Waals surface area contributed by atoms with E-state index < -0.39 is 23.4 Å². The Labute approximate surface area is 160 Å². The molecule has 1 amide bonds. The summed E-state index contributed by atoms with van der Waals surface area (Å²) in [6.07, 6.45) is -5.02. The lowest BCUT2D eigenvalue weighted by Crippen LogP contribution is -2.11. The quantitative estimate of drug-likeness (QED) is 0.699. The Morgan fingerprint density at radius 2 is 1.75 bits per heavy atom. The van der Waals surface area contributed by atoms with E-state index >= 15 is 0 Å². The zero-order valence-corrected chi connectivity index (χ0v) is 15.2. The molecule has 5 nitrogen and oxygen atoms in total. The maximum Gasteiger partial charge on any atom is 0.417 e. The van der Waals surface area contributed by atoms with Crippen molar-refractivity contribution in [2.45, 2.75) is 32.4 Å². The van der Waals surface area contributed by atoms with Crippen molar-refractivity contribution in [1.29, 1.82) is 10.5 Å². The van der Waals surface area contributed by atoms with Crippen molar-refractivity contribution in [3.05, 3.63) is 64.7 Å². The summed E-state index contributed by atoms with van der Waals surface area (Å²) in [5.41, 5.74) is 0.0991. The van der Waals surface area contributed by atoms with Gasteiger partial charge in [-0.1, -0.05) is 26.0 Å². The van der Waals surface area contributed by atoms with E-state index in [1.165, 1.54) is 11.6 Å². The molecule has 0 saturated carbocycles. The van der Waals surface area contributed by atoms with Gasteiger partial charge in [-0.25, -0.2) is 4.79 Å². The lowest BCUT2D eigenvalue weighted by molar-refractivity contribution is -0.137. The van der Waals surface area contributed by atoms with E-state index in [0.29, 0.717) is 12.0 Å². The van der Waals surface area contributed by atoms with Crippen molar-refractivity contribution in [1.82, 2.24) is 0 Å². The van der Waals surface area contributed by atoms with Crippen LogP contribution in [0.15, 0.2) is 42.5 Å². The molecule has 0 aliphatic rings. The smallest absolute Gasteiger partial charge is 0.417 e. The van der Waals surface area contributed by atoms with Crippen LogP contribution in [0.4, 0.5) is 23.7 Å². The molecule has 2 aromatic rings. The van der Waals surface area contributed by atoms with Crippen LogP contribution in [0.5, 0.6) is 0 Å². The number of carbonyl (C=O) groups is 1. The van der Waals surface area contributed by atoms with E-state index in [1.807, 2.05) is 24.3 Å². The SMILES string of the molecule is CCC(C)c1ccc(C#N)cc1.N#Cc1ccc(NC(=O)O)cc1C(F)(F)F. The number of nitrogens with zero attached hydrogens (tertiary/aromatic N) is 2. The second kappa shape index (κ2) is 9.98. The molecule has 0 spiro atoms. The molecule has 2 aromatic carbocycles. The molecule has 1 unspecified atom stereocenters. The Balaban J connectivity index is 0.000000292. The number of carboxylic acid groups (broad SMARTS) is 1. The minimum Gasteiger partial charge on any atom is -0.465 e. The zero-order valence-electron chi connectivity index (χ0n) is 15.2. The first-order valence-electron chi connectivity index (χ1n) is 8.23. The number of alkyl halides is 3. The van der Waals surface area contributed by atoms with Gasteiger partial charge in [-0.3, -0.25) is 5.32 Å². The largest absolute Gasteiger partial charge is 0.465 e. The molecule has 2 N–H and O–H groups in total. The molecule has 8 heteroatoms. The summed E-state index contributed by atoms with van der Waals surface area (Å²) in [6, 6.07) is 13.9. The number of nitrogens with one attached hydrogen (secondary N) is 1. The van der Waals surface area contributed by atoms with Crippen LogP contribution in [0, 0.1) is 22.7 Å². The van der Waals surface area contributed by atoms with E-state index in [-0.39, 0.29) is 5.69 Å². The van der Waals surface area contributed by atoms with Gasteiger partial charge in [-0.15, -0.1) is 0 Å². The molecule has 2 rings (SSSR count). The van der Waals surface area contributed by atoms with Gasteiger partial charge in [0, 0.05) is 5.69 Å². The average Bonchev–Trinajstić information content (AvgIpc) is 2.66.